The Morgan fingerprint density at radius 2 is 1.67 bits per heavy atom. The van der Waals surface area contributed by atoms with Crippen molar-refractivity contribution in [3.63, 3.8) is 0 Å². The van der Waals surface area contributed by atoms with Gasteiger partial charge in [0.1, 0.15) is 0 Å². The fraction of sp³-hybridized carbons (Fsp3) is 0.250. The highest BCUT2D eigenvalue weighted by Crippen LogP contribution is 2.21. The van der Waals surface area contributed by atoms with Gasteiger partial charge in [0.15, 0.2) is 0 Å². The average Bonchev–Trinajstić information content (AvgIpc) is 2.32. The van der Waals surface area contributed by atoms with Crippen molar-refractivity contribution in [1.82, 2.24) is 0 Å². The summed E-state index contributed by atoms with van der Waals surface area (Å²) >= 11 is 2.34. The van der Waals surface area contributed by atoms with E-state index in [1.54, 1.807) is 0 Å². The number of hydrogen-bond acceptors (Lipinski definition) is 1. The van der Waals surface area contributed by atoms with Crippen LogP contribution in [0.15, 0.2) is 42.5 Å². The maximum Gasteiger partial charge on any atom is 0.0426 e. The number of benzene rings is 2. The quantitative estimate of drug-likeness (QED) is 0.734. The summed E-state index contributed by atoms with van der Waals surface area (Å²) in [4.78, 5) is 2.30. The van der Waals surface area contributed by atoms with Crippen molar-refractivity contribution in [2.45, 2.75) is 20.4 Å². The number of aryl methyl sites for hydroxylation is 2. The van der Waals surface area contributed by atoms with Crippen LogP contribution in [0.5, 0.6) is 0 Å². The Labute approximate surface area is 123 Å². The van der Waals surface area contributed by atoms with Crippen molar-refractivity contribution in [3.8, 4) is 0 Å². The summed E-state index contributed by atoms with van der Waals surface area (Å²) in [6.07, 6.45) is 0. The molecular weight excluding hydrogens is 333 g/mol. The van der Waals surface area contributed by atoms with Crippen LogP contribution in [0.3, 0.4) is 0 Å². The molecule has 2 heteroatoms. The molecular formula is C16H18IN. The molecule has 1 nitrogen and oxygen atoms in total. The van der Waals surface area contributed by atoms with Gasteiger partial charge in [0.25, 0.3) is 0 Å². The number of halogens is 1. The lowest BCUT2D eigenvalue weighted by Crippen LogP contribution is -2.17. The molecule has 0 radical (unpaired) electrons. The molecule has 94 valence electrons. The molecule has 2 rings (SSSR count). The fourth-order valence-electron chi connectivity index (χ4n) is 2.18. The first kappa shape index (κ1) is 13.4. The zero-order chi connectivity index (χ0) is 13.1. The standard InChI is InChI=1S/C16H18IN/c1-12-4-9-16(13(2)10-12)18(3)11-14-5-7-15(17)8-6-14/h4-10H,11H2,1-3H3. The molecule has 0 saturated carbocycles. The average molecular weight is 351 g/mol. The molecule has 18 heavy (non-hydrogen) atoms. The number of rotatable bonds is 3. The molecule has 0 N–H and O–H groups in total. The van der Waals surface area contributed by atoms with Crippen LogP contribution in [0.4, 0.5) is 5.69 Å². The number of hydrogen-bond donors (Lipinski definition) is 0. The smallest absolute Gasteiger partial charge is 0.0426 e. The molecule has 2 aromatic rings. The largest absolute Gasteiger partial charge is 0.370 e. The lowest BCUT2D eigenvalue weighted by Gasteiger charge is -2.22. The number of anilines is 1. The van der Waals surface area contributed by atoms with Gasteiger partial charge in [0, 0.05) is 22.8 Å². The van der Waals surface area contributed by atoms with Crippen LogP contribution in [0.2, 0.25) is 0 Å². The third-order valence-electron chi connectivity index (χ3n) is 3.10. The minimum absolute atomic E-state index is 0.945. The summed E-state index contributed by atoms with van der Waals surface area (Å²) in [5.41, 5.74) is 5.30. The van der Waals surface area contributed by atoms with Gasteiger partial charge in [-0.3, -0.25) is 0 Å². The molecule has 0 spiro atoms. The van der Waals surface area contributed by atoms with Crippen molar-refractivity contribution in [1.29, 1.82) is 0 Å². The highest BCUT2D eigenvalue weighted by molar-refractivity contribution is 14.1. The zero-order valence-corrected chi connectivity index (χ0v) is 13.2. The molecule has 0 atom stereocenters. The summed E-state index contributed by atoms with van der Waals surface area (Å²) in [5, 5.41) is 0. The molecule has 0 aliphatic heterocycles. The van der Waals surface area contributed by atoms with Crippen LogP contribution in [0, 0.1) is 17.4 Å². The maximum absolute atomic E-state index is 2.34. The van der Waals surface area contributed by atoms with E-state index >= 15 is 0 Å². The molecule has 0 unspecified atom stereocenters. The monoisotopic (exact) mass is 351 g/mol. The molecule has 0 bridgehead atoms. The van der Waals surface area contributed by atoms with E-state index in [0.29, 0.717) is 0 Å². The first-order valence-corrected chi connectivity index (χ1v) is 7.17. The minimum atomic E-state index is 0.945. The molecule has 0 aliphatic carbocycles. The summed E-state index contributed by atoms with van der Waals surface area (Å²) < 4.78 is 1.28. The molecule has 0 amide bonds. The highest BCUT2D eigenvalue weighted by atomic mass is 127. The third-order valence-corrected chi connectivity index (χ3v) is 3.82. The topological polar surface area (TPSA) is 3.24 Å². The first-order chi connectivity index (χ1) is 8.56. The van der Waals surface area contributed by atoms with E-state index in [1.165, 1.54) is 25.9 Å². The second-order valence-electron chi connectivity index (χ2n) is 4.77. The summed E-state index contributed by atoms with van der Waals surface area (Å²) in [7, 11) is 2.15. The lowest BCUT2D eigenvalue weighted by atomic mass is 10.1. The normalized spacial score (nSPS) is 10.4. The van der Waals surface area contributed by atoms with Gasteiger partial charge in [-0.2, -0.15) is 0 Å². The summed E-state index contributed by atoms with van der Waals surface area (Å²) in [5.74, 6) is 0. The van der Waals surface area contributed by atoms with Crippen LogP contribution < -0.4 is 4.90 Å². The third kappa shape index (κ3) is 3.25. The minimum Gasteiger partial charge on any atom is -0.370 e. The highest BCUT2D eigenvalue weighted by Gasteiger charge is 2.05. The van der Waals surface area contributed by atoms with Gasteiger partial charge in [0.2, 0.25) is 0 Å². The van der Waals surface area contributed by atoms with Crippen molar-refractivity contribution in [2.24, 2.45) is 0 Å². The lowest BCUT2D eigenvalue weighted by molar-refractivity contribution is 0.916. The fourth-order valence-corrected chi connectivity index (χ4v) is 2.54. The summed E-state index contributed by atoms with van der Waals surface area (Å²) in [6.45, 7) is 5.25. The van der Waals surface area contributed by atoms with Crippen LogP contribution >= 0.6 is 22.6 Å². The number of nitrogens with zero attached hydrogens (tertiary/aromatic N) is 1. The van der Waals surface area contributed by atoms with Crippen LogP contribution in [-0.4, -0.2) is 7.05 Å². The molecule has 0 aromatic heterocycles. The molecule has 0 aliphatic rings. The van der Waals surface area contributed by atoms with Crippen molar-refractivity contribution < 1.29 is 0 Å². The van der Waals surface area contributed by atoms with Gasteiger partial charge < -0.3 is 4.90 Å². The van der Waals surface area contributed by atoms with Gasteiger partial charge in [-0.25, -0.2) is 0 Å². The first-order valence-electron chi connectivity index (χ1n) is 6.09. The van der Waals surface area contributed by atoms with Gasteiger partial charge in [0.05, 0.1) is 0 Å². The van der Waals surface area contributed by atoms with E-state index in [4.69, 9.17) is 0 Å². The van der Waals surface area contributed by atoms with Crippen LogP contribution in [0.25, 0.3) is 0 Å². The second-order valence-corrected chi connectivity index (χ2v) is 6.02. The molecule has 0 fully saturated rings. The van der Waals surface area contributed by atoms with Crippen molar-refractivity contribution in [2.75, 3.05) is 11.9 Å². The van der Waals surface area contributed by atoms with Gasteiger partial charge in [-0.15, -0.1) is 0 Å². The van der Waals surface area contributed by atoms with E-state index in [2.05, 4.69) is 90.9 Å². The Kier molecular flexibility index (Phi) is 4.27. The Balaban J connectivity index is 2.16. The van der Waals surface area contributed by atoms with Crippen LogP contribution in [-0.2, 0) is 6.54 Å². The van der Waals surface area contributed by atoms with Gasteiger partial charge in [-0.1, -0.05) is 29.8 Å². The zero-order valence-electron chi connectivity index (χ0n) is 11.1. The van der Waals surface area contributed by atoms with Gasteiger partial charge in [-0.05, 0) is 65.8 Å². The van der Waals surface area contributed by atoms with Crippen LogP contribution in [0.1, 0.15) is 16.7 Å². The Morgan fingerprint density at radius 3 is 2.28 bits per heavy atom. The predicted molar refractivity (Wildman–Crippen MR) is 87.2 cm³/mol. The van der Waals surface area contributed by atoms with E-state index < -0.39 is 0 Å². The predicted octanol–water partition coefficient (Wildman–Crippen LogP) is 4.54. The Hall–Kier alpha value is -1.03. The van der Waals surface area contributed by atoms with Gasteiger partial charge >= 0.3 is 0 Å². The Bertz CT molecular complexity index is 531. The van der Waals surface area contributed by atoms with E-state index in [1.807, 2.05) is 0 Å². The maximum atomic E-state index is 2.34. The summed E-state index contributed by atoms with van der Waals surface area (Å²) in [6, 6.07) is 15.3. The molecule has 2 aromatic carbocycles. The van der Waals surface area contributed by atoms with E-state index in [-0.39, 0.29) is 0 Å². The van der Waals surface area contributed by atoms with Crippen molar-refractivity contribution in [3.05, 3.63) is 62.7 Å². The SMILES string of the molecule is Cc1ccc(N(C)Cc2ccc(I)cc2)c(C)c1. The van der Waals surface area contributed by atoms with E-state index in [0.717, 1.165) is 6.54 Å². The van der Waals surface area contributed by atoms with Crippen molar-refractivity contribution >= 4 is 28.3 Å². The molecule has 0 heterocycles. The van der Waals surface area contributed by atoms with E-state index in [9.17, 15) is 0 Å². The second kappa shape index (κ2) is 5.74. The molecule has 0 saturated heterocycles. The Morgan fingerprint density at radius 1 is 1.00 bits per heavy atom.